The molecule has 0 aromatic rings. The highest BCUT2D eigenvalue weighted by Crippen LogP contribution is 2.70. The molecule has 4 fully saturated rings. The van der Waals surface area contributed by atoms with Crippen LogP contribution in [-0.4, -0.2) is 47.5 Å². The molecule has 38 heavy (non-hydrogen) atoms. The minimum absolute atomic E-state index is 0.0804. The lowest BCUT2D eigenvalue weighted by Gasteiger charge is -2.65. The average molecular weight is 519 g/mol. The van der Waals surface area contributed by atoms with Gasteiger partial charge in [0.25, 0.3) is 0 Å². The maximum Gasteiger partial charge on any atom is 0.220 e. The number of hydrogen-bond donors (Lipinski definition) is 2. The third kappa shape index (κ3) is 3.87. The van der Waals surface area contributed by atoms with Crippen molar-refractivity contribution in [1.82, 2.24) is 10.2 Å². The predicted molar refractivity (Wildman–Crippen MR) is 155 cm³/mol. The van der Waals surface area contributed by atoms with Gasteiger partial charge in [-0.3, -0.25) is 9.69 Å². The summed E-state index contributed by atoms with van der Waals surface area (Å²) in [5.41, 5.74) is 5.58. The minimum Gasteiger partial charge on any atom is -0.504 e. The van der Waals surface area contributed by atoms with Crippen LogP contribution < -0.4 is 5.32 Å². The van der Waals surface area contributed by atoms with Gasteiger partial charge in [0.05, 0.1) is 0 Å². The normalized spacial score (nSPS) is 44.7. The van der Waals surface area contributed by atoms with Crippen molar-refractivity contribution in [3.8, 4) is 0 Å². The van der Waals surface area contributed by atoms with Crippen LogP contribution in [0.25, 0.3) is 0 Å². The van der Waals surface area contributed by atoms with Crippen molar-refractivity contribution in [2.45, 2.75) is 99.0 Å². The molecule has 1 unspecified atom stereocenters. The summed E-state index contributed by atoms with van der Waals surface area (Å²) in [4.78, 5) is 15.4. The van der Waals surface area contributed by atoms with Crippen LogP contribution in [-0.2, 0) is 4.79 Å². The van der Waals surface area contributed by atoms with Crippen molar-refractivity contribution >= 4 is 5.78 Å². The van der Waals surface area contributed by atoms with Gasteiger partial charge in [0.1, 0.15) is 0 Å². The first kappa shape index (κ1) is 26.6. The third-order valence-corrected chi connectivity index (χ3v) is 12.4. The molecule has 0 aromatic carbocycles. The largest absolute Gasteiger partial charge is 0.504 e. The molecule has 0 bridgehead atoms. The van der Waals surface area contributed by atoms with Crippen LogP contribution in [0.1, 0.15) is 93.4 Å². The number of ketones is 1. The van der Waals surface area contributed by atoms with E-state index in [2.05, 4.69) is 63.9 Å². The first-order valence-corrected chi connectivity index (χ1v) is 15.3. The van der Waals surface area contributed by atoms with Crippen LogP contribution >= 0.6 is 0 Å². The van der Waals surface area contributed by atoms with Crippen LogP contribution in [0.2, 0.25) is 0 Å². The van der Waals surface area contributed by atoms with E-state index in [1.54, 1.807) is 11.6 Å². The van der Waals surface area contributed by atoms with E-state index in [1.807, 2.05) is 6.92 Å². The highest BCUT2D eigenvalue weighted by molar-refractivity contribution is 6.06. The van der Waals surface area contributed by atoms with E-state index in [0.29, 0.717) is 16.7 Å². The number of piperazine rings is 1. The van der Waals surface area contributed by atoms with Gasteiger partial charge in [-0.15, -0.1) is 0 Å². The molecule has 0 radical (unpaired) electrons. The zero-order chi connectivity index (χ0) is 27.3. The number of aliphatic hydroxyl groups excluding tert-OH is 1. The fourth-order valence-electron chi connectivity index (χ4n) is 10.2. The Morgan fingerprint density at radius 2 is 1.74 bits per heavy atom. The minimum atomic E-state index is -0.222. The first-order chi connectivity index (χ1) is 17.7. The van der Waals surface area contributed by atoms with Crippen molar-refractivity contribution in [3.05, 3.63) is 46.3 Å². The molecule has 0 amide bonds. The van der Waals surface area contributed by atoms with E-state index in [0.717, 1.165) is 42.1 Å². The van der Waals surface area contributed by atoms with Gasteiger partial charge in [-0.1, -0.05) is 45.4 Å². The molecule has 6 atom stereocenters. The molecule has 6 rings (SSSR count). The Labute approximate surface area is 230 Å². The van der Waals surface area contributed by atoms with Gasteiger partial charge in [0.2, 0.25) is 5.78 Å². The Hall–Kier alpha value is -1.65. The third-order valence-electron chi connectivity index (χ3n) is 12.4. The Bertz CT molecular complexity index is 1190. The molecule has 5 aliphatic carbocycles. The SMILES string of the molecule is CC1=C(O)C(=O)C=C2C1=CC=C1[C@@]2(C)CCC2[C@@H]3C[C@](C)(CN4CCNC(C)(C)C4)CC[C@]3(C)CC[C@]12C. The molecule has 0 aromatic heterocycles. The van der Waals surface area contributed by atoms with Gasteiger partial charge in [0.15, 0.2) is 5.76 Å². The summed E-state index contributed by atoms with van der Waals surface area (Å²) in [6, 6.07) is 0. The second-order valence-corrected chi connectivity index (χ2v) is 15.7. The van der Waals surface area contributed by atoms with Crippen molar-refractivity contribution in [3.63, 3.8) is 0 Å². The van der Waals surface area contributed by atoms with Crippen LogP contribution in [0.4, 0.5) is 0 Å². The molecule has 2 N–H and O–H groups in total. The fourth-order valence-corrected chi connectivity index (χ4v) is 10.2. The van der Waals surface area contributed by atoms with Gasteiger partial charge in [-0.25, -0.2) is 0 Å². The number of aliphatic hydroxyl groups is 1. The van der Waals surface area contributed by atoms with E-state index < -0.39 is 0 Å². The molecular formula is C34H50N2O2. The van der Waals surface area contributed by atoms with Gasteiger partial charge >= 0.3 is 0 Å². The Morgan fingerprint density at radius 1 is 1.00 bits per heavy atom. The molecule has 1 heterocycles. The maximum atomic E-state index is 12.7. The lowest BCUT2D eigenvalue weighted by atomic mass is 9.39. The smallest absolute Gasteiger partial charge is 0.220 e. The molecular weight excluding hydrogens is 468 g/mol. The summed E-state index contributed by atoms with van der Waals surface area (Å²) in [6.07, 6.45) is 15.3. The summed E-state index contributed by atoms with van der Waals surface area (Å²) < 4.78 is 0. The topological polar surface area (TPSA) is 52.6 Å². The zero-order valence-corrected chi connectivity index (χ0v) is 25.0. The van der Waals surface area contributed by atoms with Crippen molar-refractivity contribution in [2.75, 3.05) is 26.2 Å². The van der Waals surface area contributed by atoms with Gasteiger partial charge in [0, 0.05) is 42.7 Å². The van der Waals surface area contributed by atoms with Crippen LogP contribution in [0.5, 0.6) is 0 Å². The Kier molecular flexibility index (Phi) is 5.89. The van der Waals surface area contributed by atoms with Crippen LogP contribution in [0.15, 0.2) is 46.3 Å². The number of nitrogens with one attached hydrogen (secondary N) is 1. The molecule has 4 nitrogen and oxygen atoms in total. The lowest BCUT2D eigenvalue weighted by Crippen LogP contribution is -2.60. The maximum absolute atomic E-state index is 12.7. The summed E-state index contributed by atoms with van der Waals surface area (Å²) >= 11 is 0. The average Bonchev–Trinajstić information content (AvgIpc) is 2.83. The predicted octanol–water partition coefficient (Wildman–Crippen LogP) is 6.91. The fraction of sp³-hybridized carbons (Fsp3) is 0.735. The second kappa shape index (κ2) is 8.43. The molecule has 6 aliphatic rings. The van der Waals surface area contributed by atoms with E-state index in [4.69, 9.17) is 0 Å². The molecule has 0 spiro atoms. The quantitative estimate of drug-likeness (QED) is 0.417. The number of rotatable bonds is 2. The van der Waals surface area contributed by atoms with Crippen LogP contribution in [0, 0.1) is 33.5 Å². The summed E-state index contributed by atoms with van der Waals surface area (Å²) in [7, 11) is 0. The second-order valence-electron chi connectivity index (χ2n) is 15.7. The van der Waals surface area contributed by atoms with Crippen molar-refractivity contribution in [2.24, 2.45) is 33.5 Å². The van der Waals surface area contributed by atoms with Crippen molar-refractivity contribution < 1.29 is 9.90 Å². The van der Waals surface area contributed by atoms with E-state index >= 15 is 0 Å². The number of hydrogen-bond acceptors (Lipinski definition) is 4. The number of allylic oxidation sites excluding steroid dienone is 7. The van der Waals surface area contributed by atoms with E-state index in [1.165, 1.54) is 51.6 Å². The molecule has 4 heteroatoms. The molecule has 208 valence electrons. The number of nitrogens with zero attached hydrogens (tertiary/aromatic N) is 1. The Morgan fingerprint density at radius 3 is 2.47 bits per heavy atom. The summed E-state index contributed by atoms with van der Waals surface area (Å²) in [5, 5.41) is 14.1. The number of carbonyl (C=O) groups excluding carboxylic acids is 1. The standard InChI is InChI=1S/C34H50N2O2/c1-22-23-8-9-28-33(6,25(23)18-27(37)29(22)38)11-10-24-26-19-31(4,21-36-17-16-35-30(2,3)20-36)12-13-32(26,5)14-15-34(24,28)7/h8-9,18,24,26,35,38H,10-17,19-21H2,1-7H3/t24?,26-,31+,32+,33-,34-/m0/s1. The van der Waals surface area contributed by atoms with Gasteiger partial charge in [-0.05, 0) is 111 Å². The van der Waals surface area contributed by atoms with Crippen molar-refractivity contribution in [1.29, 1.82) is 0 Å². The highest BCUT2D eigenvalue weighted by Gasteiger charge is 2.61. The molecule has 1 saturated heterocycles. The van der Waals surface area contributed by atoms with Gasteiger partial charge in [-0.2, -0.15) is 0 Å². The van der Waals surface area contributed by atoms with E-state index in [-0.39, 0.29) is 27.9 Å². The number of fused-ring (bicyclic) bond motifs is 7. The lowest BCUT2D eigenvalue weighted by molar-refractivity contribution is -0.114. The molecule has 3 saturated carbocycles. The summed E-state index contributed by atoms with van der Waals surface area (Å²) in [5.74, 6) is 1.14. The first-order valence-electron chi connectivity index (χ1n) is 15.3. The summed E-state index contributed by atoms with van der Waals surface area (Å²) in [6.45, 7) is 21.4. The number of carbonyl (C=O) groups is 1. The van der Waals surface area contributed by atoms with Crippen LogP contribution in [0.3, 0.4) is 0 Å². The monoisotopic (exact) mass is 518 g/mol. The van der Waals surface area contributed by atoms with Gasteiger partial charge < -0.3 is 10.4 Å². The zero-order valence-electron chi connectivity index (χ0n) is 25.0. The van der Waals surface area contributed by atoms with E-state index in [9.17, 15) is 9.90 Å². The molecule has 1 aliphatic heterocycles. The Balaban J connectivity index is 1.32. The highest BCUT2D eigenvalue weighted by atomic mass is 16.3.